The van der Waals surface area contributed by atoms with Gasteiger partial charge in [0.15, 0.2) is 0 Å². The predicted octanol–water partition coefficient (Wildman–Crippen LogP) is 1.27. The summed E-state index contributed by atoms with van der Waals surface area (Å²) in [4.78, 5) is 22.4. The first-order chi connectivity index (χ1) is 9.22. The van der Waals surface area contributed by atoms with Crippen molar-refractivity contribution in [1.82, 2.24) is 5.32 Å². The lowest BCUT2D eigenvalue weighted by atomic mass is 10.2. The lowest BCUT2D eigenvalue weighted by molar-refractivity contribution is -0.145. The van der Waals surface area contributed by atoms with Crippen LogP contribution in [0.5, 0.6) is 0 Å². The molecule has 0 saturated heterocycles. The highest BCUT2D eigenvalue weighted by Gasteiger charge is 2.04. The number of carbonyl (C=O) groups is 2. The molecule has 1 aromatic carbocycles. The number of hydrogen-bond donors (Lipinski definition) is 1. The van der Waals surface area contributed by atoms with Crippen LogP contribution >= 0.6 is 0 Å². The van der Waals surface area contributed by atoms with Crippen molar-refractivity contribution < 1.29 is 19.1 Å². The highest BCUT2D eigenvalue weighted by atomic mass is 16.5. The molecule has 0 radical (unpaired) electrons. The summed E-state index contributed by atoms with van der Waals surface area (Å²) in [6.07, 6.45) is 0.228. The SMILES string of the molecule is CCOC(=O)CNCCC(=O)OCc1ccccc1. The van der Waals surface area contributed by atoms with E-state index in [4.69, 9.17) is 9.47 Å². The van der Waals surface area contributed by atoms with Crippen molar-refractivity contribution in [1.29, 1.82) is 0 Å². The lowest BCUT2D eigenvalue weighted by Crippen LogP contribution is -2.27. The molecule has 0 heterocycles. The van der Waals surface area contributed by atoms with Crippen LogP contribution in [0.4, 0.5) is 0 Å². The number of nitrogens with one attached hydrogen (secondary N) is 1. The van der Waals surface area contributed by atoms with E-state index in [0.29, 0.717) is 13.2 Å². The zero-order chi connectivity index (χ0) is 13.9. The third-order valence-corrected chi connectivity index (χ3v) is 2.32. The summed E-state index contributed by atoms with van der Waals surface area (Å²) in [5.74, 6) is -0.611. The van der Waals surface area contributed by atoms with Gasteiger partial charge in [-0.1, -0.05) is 30.3 Å². The van der Waals surface area contributed by atoms with E-state index in [0.717, 1.165) is 5.56 Å². The molecular formula is C14H19NO4. The summed E-state index contributed by atoms with van der Waals surface area (Å²) in [5, 5.41) is 2.82. The molecule has 0 atom stereocenters. The first-order valence-corrected chi connectivity index (χ1v) is 6.28. The van der Waals surface area contributed by atoms with Crippen LogP contribution < -0.4 is 5.32 Å². The zero-order valence-electron chi connectivity index (χ0n) is 11.1. The average Bonchev–Trinajstić information content (AvgIpc) is 2.43. The summed E-state index contributed by atoms with van der Waals surface area (Å²) in [6.45, 7) is 2.89. The van der Waals surface area contributed by atoms with E-state index < -0.39 is 0 Å². The molecule has 0 bridgehead atoms. The molecule has 0 saturated carbocycles. The molecule has 0 spiro atoms. The molecule has 0 fully saturated rings. The molecule has 5 nitrogen and oxygen atoms in total. The molecule has 1 aromatic rings. The normalized spacial score (nSPS) is 9.95. The monoisotopic (exact) mass is 265 g/mol. The largest absolute Gasteiger partial charge is 0.465 e. The Morgan fingerprint density at radius 3 is 2.53 bits per heavy atom. The van der Waals surface area contributed by atoms with E-state index in [1.807, 2.05) is 30.3 Å². The maximum atomic E-state index is 11.4. The van der Waals surface area contributed by atoms with E-state index in [1.165, 1.54) is 0 Å². The van der Waals surface area contributed by atoms with E-state index in [-0.39, 0.29) is 31.5 Å². The molecule has 104 valence electrons. The van der Waals surface area contributed by atoms with Crippen molar-refractivity contribution >= 4 is 11.9 Å². The Morgan fingerprint density at radius 2 is 1.84 bits per heavy atom. The van der Waals surface area contributed by atoms with Gasteiger partial charge in [-0.2, -0.15) is 0 Å². The molecule has 0 aliphatic carbocycles. The molecular weight excluding hydrogens is 246 g/mol. The van der Waals surface area contributed by atoms with Gasteiger partial charge in [0.25, 0.3) is 0 Å². The summed E-state index contributed by atoms with van der Waals surface area (Å²) in [5.41, 5.74) is 0.954. The number of carbonyl (C=O) groups excluding carboxylic acids is 2. The highest BCUT2D eigenvalue weighted by Crippen LogP contribution is 2.01. The van der Waals surface area contributed by atoms with Gasteiger partial charge in [-0.15, -0.1) is 0 Å². The van der Waals surface area contributed by atoms with Gasteiger partial charge in [-0.25, -0.2) is 0 Å². The molecule has 1 N–H and O–H groups in total. The Balaban J connectivity index is 2.07. The second-order valence-electron chi connectivity index (χ2n) is 3.88. The summed E-state index contributed by atoms with van der Waals surface area (Å²) in [6, 6.07) is 9.48. The molecule has 19 heavy (non-hydrogen) atoms. The Labute approximate surface area is 112 Å². The first-order valence-electron chi connectivity index (χ1n) is 6.28. The Kier molecular flexibility index (Phi) is 7.27. The minimum atomic E-state index is -0.319. The van der Waals surface area contributed by atoms with Crippen molar-refractivity contribution in [3.05, 3.63) is 35.9 Å². The average molecular weight is 265 g/mol. The van der Waals surface area contributed by atoms with Crippen LogP contribution in [0.3, 0.4) is 0 Å². The van der Waals surface area contributed by atoms with E-state index in [1.54, 1.807) is 6.92 Å². The Morgan fingerprint density at radius 1 is 1.11 bits per heavy atom. The van der Waals surface area contributed by atoms with Gasteiger partial charge in [0.05, 0.1) is 19.6 Å². The lowest BCUT2D eigenvalue weighted by Gasteiger charge is -2.06. The van der Waals surface area contributed by atoms with Crippen molar-refractivity contribution in [3.8, 4) is 0 Å². The molecule has 0 unspecified atom stereocenters. The molecule has 0 aromatic heterocycles. The Hall–Kier alpha value is -1.88. The topological polar surface area (TPSA) is 64.6 Å². The number of esters is 2. The van der Waals surface area contributed by atoms with Gasteiger partial charge < -0.3 is 14.8 Å². The van der Waals surface area contributed by atoms with Crippen molar-refractivity contribution in [2.45, 2.75) is 20.0 Å². The minimum Gasteiger partial charge on any atom is -0.465 e. The quantitative estimate of drug-likeness (QED) is 0.566. The van der Waals surface area contributed by atoms with Crippen molar-refractivity contribution in [2.24, 2.45) is 0 Å². The fourth-order valence-electron chi connectivity index (χ4n) is 1.40. The maximum absolute atomic E-state index is 11.4. The third-order valence-electron chi connectivity index (χ3n) is 2.32. The molecule has 0 amide bonds. The predicted molar refractivity (Wildman–Crippen MR) is 70.4 cm³/mol. The minimum absolute atomic E-state index is 0.111. The smallest absolute Gasteiger partial charge is 0.319 e. The van der Waals surface area contributed by atoms with Crippen LogP contribution in [0, 0.1) is 0 Å². The van der Waals surface area contributed by atoms with Crippen LogP contribution in [0.15, 0.2) is 30.3 Å². The number of benzene rings is 1. The number of ether oxygens (including phenoxy) is 2. The van der Waals surface area contributed by atoms with Gasteiger partial charge in [-0.3, -0.25) is 9.59 Å². The second kappa shape index (κ2) is 9.10. The molecule has 0 aliphatic rings. The fraction of sp³-hybridized carbons (Fsp3) is 0.429. The number of rotatable bonds is 8. The molecule has 5 heteroatoms. The summed E-state index contributed by atoms with van der Waals surface area (Å²) >= 11 is 0. The van der Waals surface area contributed by atoms with E-state index in [9.17, 15) is 9.59 Å². The zero-order valence-corrected chi connectivity index (χ0v) is 11.1. The van der Waals surface area contributed by atoms with Crippen molar-refractivity contribution in [3.63, 3.8) is 0 Å². The third kappa shape index (κ3) is 7.21. The first kappa shape index (κ1) is 15.2. The second-order valence-corrected chi connectivity index (χ2v) is 3.88. The van der Waals surface area contributed by atoms with Gasteiger partial charge in [0, 0.05) is 6.54 Å². The maximum Gasteiger partial charge on any atom is 0.319 e. The summed E-state index contributed by atoms with van der Waals surface area (Å²) in [7, 11) is 0. The summed E-state index contributed by atoms with van der Waals surface area (Å²) < 4.78 is 9.82. The van der Waals surface area contributed by atoms with Crippen LogP contribution in [0.2, 0.25) is 0 Å². The van der Waals surface area contributed by atoms with Crippen molar-refractivity contribution in [2.75, 3.05) is 19.7 Å². The van der Waals surface area contributed by atoms with Crippen LogP contribution in [-0.2, 0) is 25.7 Å². The fourth-order valence-corrected chi connectivity index (χ4v) is 1.40. The van der Waals surface area contributed by atoms with Gasteiger partial charge in [0.1, 0.15) is 6.61 Å². The standard InChI is InChI=1S/C14H19NO4/c1-2-18-14(17)10-15-9-8-13(16)19-11-12-6-4-3-5-7-12/h3-7,15H,2,8-11H2,1H3. The van der Waals surface area contributed by atoms with Gasteiger partial charge in [-0.05, 0) is 12.5 Å². The highest BCUT2D eigenvalue weighted by molar-refractivity contribution is 5.72. The Bertz CT molecular complexity index is 392. The van der Waals surface area contributed by atoms with Crippen LogP contribution in [-0.4, -0.2) is 31.6 Å². The van der Waals surface area contributed by atoms with E-state index in [2.05, 4.69) is 5.32 Å². The van der Waals surface area contributed by atoms with Crippen LogP contribution in [0.1, 0.15) is 18.9 Å². The van der Waals surface area contributed by atoms with Gasteiger partial charge in [0.2, 0.25) is 0 Å². The van der Waals surface area contributed by atoms with Crippen LogP contribution in [0.25, 0.3) is 0 Å². The molecule has 0 aliphatic heterocycles. The van der Waals surface area contributed by atoms with Gasteiger partial charge >= 0.3 is 11.9 Å². The number of hydrogen-bond acceptors (Lipinski definition) is 5. The molecule has 1 rings (SSSR count). The van der Waals surface area contributed by atoms with E-state index >= 15 is 0 Å².